The molecular weight excluding hydrogens is 581 g/mol. The number of allylic oxidation sites excluding steroid dienone is 4. The van der Waals surface area contributed by atoms with Crippen LogP contribution in [0.15, 0.2) is 53.6 Å². The van der Waals surface area contributed by atoms with Crippen molar-refractivity contribution in [1.29, 1.82) is 0 Å². The number of rotatable bonds is 6. The maximum atomic E-state index is 3.37. The second-order valence-electron chi connectivity index (χ2n) is 7.79. The van der Waals surface area contributed by atoms with E-state index in [2.05, 4.69) is 90.1 Å². The molecule has 0 saturated heterocycles. The molecule has 1 aliphatic rings. The van der Waals surface area contributed by atoms with E-state index >= 15 is 0 Å². The van der Waals surface area contributed by atoms with Crippen LogP contribution in [0.4, 0.5) is 0 Å². The molecule has 0 aliphatic heterocycles. The molecule has 0 bridgehead atoms. The quantitative estimate of drug-likeness (QED) is 0.264. The third-order valence-electron chi connectivity index (χ3n) is 4.99. The van der Waals surface area contributed by atoms with E-state index in [1.165, 1.54) is 41.2 Å². The molecule has 0 amide bonds. The van der Waals surface area contributed by atoms with Gasteiger partial charge in [-0.15, -0.1) is 53.7 Å². The average Bonchev–Trinajstić information content (AvgIpc) is 3.18. The van der Waals surface area contributed by atoms with Gasteiger partial charge in [0.15, 0.2) is 0 Å². The molecule has 0 radical (unpaired) electrons. The van der Waals surface area contributed by atoms with Crippen LogP contribution in [0.1, 0.15) is 67.2 Å². The first kappa shape index (κ1) is 31.4. The summed E-state index contributed by atoms with van der Waals surface area (Å²) < 4.78 is 0. The van der Waals surface area contributed by atoms with Crippen molar-refractivity contribution < 1.29 is 50.7 Å². The van der Waals surface area contributed by atoms with Crippen LogP contribution in [0.2, 0.25) is 0 Å². The predicted octanol–water partition coefficient (Wildman–Crippen LogP) is 1.74. The zero-order valence-corrected chi connectivity index (χ0v) is 24.7. The summed E-state index contributed by atoms with van der Waals surface area (Å²) in [6.45, 7) is 13.8. The maximum absolute atomic E-state index is 3.37. The minimum atomic E-state index is -0.0206. The van der Waals surface area contributed by atoms with E-state index in [9.17, 15) is 0 Å². The SMILES string of the molecule is CC(C)P(c1cc2ccccc2[cH-]1)C(C)C.CCCCC1=[C-]CC=C1C.[Cl-].[Cl-].[Hf+4]. The minimum Gasteiger partial charge on any atom is -1.00 e. The summed E-state index contributed by atoms with van der Waals surface area (Å²) in [5.41, 5.74) is 4.45. The van der Waals surface area contributed by atoms with Crippen LogP contribution in [-0.4, -0.2) is 11.3 Å². The Labute approximate surface area is 211 Å². The van der Waals surface area contributed by atoms with E-state index in [1.807, 2.05) is 0 Å². The molecule has 0 N–H and O–H groups in total. The Hall–Kier alpha value is 0.190. The molecule has 2 aromatic rings. The average molecular weight is 616 g/mol. The normalized spacial score (nSPS) is 12.6. The molecule has 0 unspecified atom stereocenters. The van der Waals surface area contributed by atoms with Gasteiger partial charge >= 0.3 is 25.8 Å². The van der Waals surface area contributed by atoms with Gasteiger partial charge in [-0.2, -0.15) is 12.1 Å². The van der Waals surface area contributed by atoms with Crippen molar-refractivity contribution >= 4 is 24.0 Å². The molecule has 29 heavy (non-hydrogen) atoms. The van der Waals surface area contributed by atoms with Crippen molar-refractivity contribution in [2.45, 2.75) is 78.5 Å². The fourth-order valence-electron chi connectivity index (χ4n) is 3.70. The Morgan fingerprint density at radius 2 is 1.69 bits per heavy atom. The topological polar surface area (TPSA) is 0 Å². The minimum absolute atomic E-state index is 0. The first-order valence-electron chi connectivity index (χ1n) is 10.1. The zero-order chi connectivity index (χ0) is 19.1. The summed E-state index contributed by atoms with van der Waals surface area (Å²) in [5.74, 6) is 0. The van der Waals surface area contributed by atoms with Gasteiger partial charge in [-0.05, 0) is 11.3 Å². The van der Waals surface area contributed by atoms with Crippen molar-refractivity contribution in [3.8, 4) is 0 Å². The van der Waals surface area contributed by atoms with Gasteiger partial charge in [-0.25, -0.2) is 11.1 Å². The number of benzene rings is 1. The summed E-state index contributed by atoms with van der Waals surface area (Å²) in [5, 5.41) is 4.36. The van der Waals surface area contributed by atoms with E-state index in [1.54, 1.807) is 5.30 Å². The molecule has 0 fully saturated rings. The molecule has 0 heterocycles. The third kappa shape index (κ3) is 9.47. The molecule has 4 heteroatoms. The molecule has 0 saturated carbocycles. The first-order valence-corrected chi connectivity index (χ1v) is 11.6. The van der Waals surface area contributed by atoms with Crippen LogP contribution < -0.4 is 30.1 Å². The van der Waals surface area contributed by atoms with Gasteiger partial charge < -0.3 is 24.8 Å². The molecule has 0 aromatic heterocycles. The molecule has 0 spiro atoms. The third-order valence-corrected chi connectivity index (χ3v) is 8.07. The van der Waals surface area contributed by atoms with Gasteiger partial charge in [-0.3, -0.25) is 6.08 Å². The summed E-state index contributed by atoms with van der Waals surface area (Å²) in [6.07, 6.45) is 10.5. The number of unbranched alkanes of at least 4 members (excludes halogenated alkanes) is 1. The van der Waals surface area contributed by atoms with E-state index in [4.69, 9.17) is 0 Å². The van der Waals surface area contributed by atoms with E-state index < -0.39 is 0 Å². The molecule has 3 rings (SSSR count). The number of hydrogen-bond acceptors (Lipinski definition) is 0. The van der Waals surface area contributed by atoms with Crippen LogP contribution in [0, 0.1) is 6.08 Å². The number of fused-ring (bicyclic) bond motifs is 1. The van der Waals surface area contributed by atoms with Crippen LogP contribution in [0.3, 0.4) is 0 Å². The Morgan fingerprint density at radius 3 is 2.17 bits per heavy atom. The molecular formula is C25H35Cl2HfP. The molecule has 1 aliphatic carbocycles. The largest absolute Gasteiger partial charge is 4.00 e. The number of hydrogen-bond donors (Lipinski definition) is 0. The van der Waals surface area contributed by atoms with Crippen LogP contribution >= 0.6 is 7.92 Å². The van der Waals surface area contributed by atoms with Crippen molar-refractivity contribution in [3.05, 3.63) is 59.7 Å². The molecule has 2 aromatic carbocycles. The summed E-state index contributed by atoms with van der Waals surface area (Å²) in [6, 6.07) is 13.5. The van der Waals surface area contributed by atoms with Gasteiger partial charge in [0.1, 0.15) is 0 Å². The summed E-state index contributed by atoms with van der Waals surface area (Å²) >= 11 is 0. The van der Waals surface area contributed by atoms with E-state index in [0.29, 0.717) is 0 Å². The van der Waals surface area contributed by atoms with Crippen LogP contribution in [-0.2, 0) is 25.8 Å². The molecule has 0 nitrogen and oxygen atoms in total. The van der Waals surface area contributed by atoms with Crippen molar-refractivity contribution in [1.82, 2.24) is 0 Å². The van der Waals surface area contributed by atoms with Gasteiger partial charge in [-0.1, -0.05) is 67.9 Å². The van der Waals surface area contributed by atoms with E-state index in [0.717, 1.165) is 17.7 Å². The van der Waals surface area contributed by atoms with Crippen molar-refractivity contribution in [3.63, 3.8) is 0 Å². The second kappa shape index (κ2) is 15.9. The van der Waals surface area contributed by atoms with Crippen LogP contribution in [0.25, 0.3) is 10.8 Å². The van der Waals surface area contributed by atoms with Gasteiger partial charge in [0, 0.05) is 0 Å². The monoisotopic (exact) mass is 616 g/mol. The Balaban J connectivity index is 0. The van der Waals surface area contributed by atoms with Crippen molar-refractivity contribution in [2.24, 2.45) is 0 Å². The Morgan fingerprint density at radius 1 is 1.07 bits per heavy atom. The number of halogens is 2. The maximum Gasteiger partial charge on any atom is 4.00 e. The van der Waals surface area contributed by atoms with Gasteiger partial charge in [0.25, 0.3) is 0 Å². The smallest absolute Gasteiger partial charge is 1.00 e. The van der Waals surface area contributed by atoms with Crippen LogP contribution in [0.5, 0.6) is 0 Å². The van der Waals surface area contributed by atoms with E-state index in [-0.39, 0.29) is 58.6 Å². The zero-order valence-electron chi connectivity index (χ0n) is 18.7. The van der Waals surface area contributed by atoms with Crippen molar-refractivity contribution in [2.75, 3.05) is 0 Å². The molecule has 0 atom stereocenters. The standard InChI is InChI=1S/C15H20P.C10H15.2ClH.Hf/c1-11(2)16(12(3)4)15-9-13-7-5-6-8-14(13)10-15;1-3-4-7-10-8-5-6-9(10)2;;;/h5-12H,1-4H3;6H,3-5,7H2,1-2H3;2*1H;/q2*-1;;;+4/p-2. The predicted molar refractivity (Wildman–Crippen MR) is 121 cm³/mol. The van der Waals surface area contributed by atoms with Gasteiger partial charge in [0.2, 0.25) is 0 Å². The fraction of sp³-hybridized carbons (Fsp3) is 0.480. The Kier molecular flexibility index (Phi) is 17.2. The second-order valence-corrected chi connectivity index (χ2v) is 11.2. The summed E-state index contributed by atoms with van der Waals surface area (Å²) in [7, 11) is -0.0206. The Bertz CT molecular complexity index is 718. The summed E-state index contributed by atoms with van der Waals surface area (Å²) in [4.78, 5) is 0. The first-order chi connectivity index (χ1) is 12.4. The molecule has 158 valence electrons. The fourth-order valence-corrected chi connectivity index (χ4v) is 6.67. The van der Waals surface area contributed by atoms with Gasteiger partial charge in [0.05, 0.1) is 0 Å².